The van der Waals surface area contributed by atoms with Crippen LogP contribution in [0.5, 0.6) is 11.6 Å². The van der Waals surface area contributed by atoms with Crippen LogP contribution in [0.2, 0.25) is 5.15 Å². The van der Waals surface area contributed by atoms with Crippen LogP contribution in [0.4, 0.5) is 5.82 Å². The molecule has 0 bridgehead atoms. The Balaban J connectivity index is 1.22. The maximum absolute atomic E-state index is 13.1. The van der Waals surface area contributed by atoms with Gasteiger partial charge in [0.2, 0.25) is 11.8 Å². The van der Waals surface area contributed by atoms with Gasteiger partial charge in [-0.3, -0.25) is 4.79 Å². The summed E-state index contributed by atoms with van der Waals surface area (Å²) in [5.41, 5.74) is 2.65. The Kier molecular flexibility index (Phi) is 6.16. The van der Waals surface area contributed by atoms with Crippen LogP contribution in [0.15, 0.2) is 48.7 Å². The van der Waals surface area contributed by atoms with Gasteiger partial charge < -0.3 is 24.5 Å². The number of amides is 1. The summed E-state index contributed by atoms with van der Waals surface area (Å²) in [6.07, 6.45) is 3.93. The molecule has 2 N–H and O–H groups in total. The molecule has 10 heteroatoms. The number of halogens is 1. The second kappa shape index (κ2) is 9.25. The first kappa shape index (κ1) is 22.6. The highest BCUT2D eigenvalue weighted by molar-refractivity contribution is 6.59. The summed E-state index contributed by atoms with van der Waals surface area (Å²) in [6.45, 7) is 0.719. The molecule has 1 saturated carbocycles. The number of aromatic nitrogens is 2. The third-order valence-electron chi connectivity index (χ3n) is 6.25. The number of benzene rings is 1. The zero-order chi connectivity index (χ0) is 23.7. The Morgan fingerprint density at radius 2 is 2.12 bits per heavy atom. The topological polar surface area (TPSA) is 103 Å². The Morgan fingerprint density at radius 3 is 2.82 bits per heavy atom. The van der Waals surface area contributed by atoms with E-state index in [-0.39, 0.29) is 17.7 Å². The van der Waals surface area contributed by atoms with E-state index in [0.29, 0.717) is 29.3 Å². The molecule has 1 aromatic carbocycles. The Bertz CT molecular complexity index is 1220. The van der Waals surface area contributed by atoms with Crippen molar-refractivity contribution in [3.63, 3.8) is 0 Å². The molecule has 1 amide bonds. The summed E-state index contributed by atoms with van der Waals surface area (Å²) < 4.78 is 16.2. The highest BCUT2D eigenvalue weighted by Gasteiger charge is 2.51. The van der Waals surface area contributed by atoms with E-state index in [1.54, 1.807) is 24.3 Å². The lowest BCUT2D eigenvalue weighted by molar-refractivity contribution is -0.118. The fraction of sp³-hybridized carbons (Fsp3) is 0.292. The van der Waals surface area contributed by atoms with Gasteiger partial charge in [0.05, 0.1) is 25.7 Å². The van der Waals surface area contributed by atoms with Gasteiger partial charge in [-0.25, -0.2) is 9.97 Å². The first-order chi connectivity index (χ1) is 16.5. The molecule has 3 heterocycles. The number of nitrogens with zero attached hydrogens (tertiary/aromatic N) is 2. The number of ether oxygens (including phenoxy) is 2. The minimum absolute atomic E-state index is 0.0340. The highest BCUT2D eigenvalue weighted by Crippen LogP contribution is 2.50. The molecule has 0 atom stereocenters. The molecular formula is C24H23BClN3O5. The number of nitrogens with one attached hydrogen (secondary N) is 1. The van der Waals surface area contributed by atoms with E-state index in [0.717, 1.165) is 30.6 Å². The van der Waals surface area contributed by atoms with E-state index < -0.39 is 12.5 Å². The average Bonchev–Trinajstić information content (AvgIpc) is 3.54. The van der Waals surface area contributed by atoms with Gasteiger partial charge in [-0.15, -0.1) is 0 Å². The summed E-state index contributed by atoms with van der Waals surface area (Å²) in [5.74, 6) is 1.57. The second-order valence-electron chi connectivity index (χ2n) is 8.40. The lowest BCUT2D eigenvalue weighted by Crippen LogP contribution is -2.33. The molecule has 174 valence electrons. The van der Waals surface area contributed by atoms with Crippen LogP contribution in [0, 0.1) is 0 Å². The molecule has 0 unspecified atom stereocenters. The van der Waals surface area contributed by atoms with Gasteiger partial charge >= 0.3 is 7.12 Å². The van der Waals surface area contributed by atoms with Gasteiger partial charge in [0, 0.05) is 23.6 Å². The third kappa shape index (κ3) is 4.46. The third-order valence-corrected chi connectivity index (χ3v) is 6.58. The number of rotatable bonds is 8. The van der Waals surface area contributed by atoms with E-state index in [4.69, 9.17) is 25.7 Å². The van der Waals surface area contributed by atoms with E-state index in [9.17, 15) is 9.82 Å². The van der Waals surface area contributed by atoms with Gasteiger partial charge in [-0.1, -0.05) is 35.9 Å². The molecule has 0 spiro atoms. The highest BCUT2D eigenvalue weighted by atomic mass is 35.5. The van der Waals surface area contributed by atoms with Crippen LogP contribution in [0.25, 0.3) is 0 Å². The zero-order valence-corrected chi connectivity index (χ0v) is 19.3. The number of carbonyl (C=O) groups is 1. The zero-order valence-electron chi connectivity index (χ0n) is 18.6. The summed E-state index contributed by atoms with van der Waals surface area (Å²) in [5, 5.41) is 13.3. The number of hydrogen-bond donors (Lipinski definition) is 2. The van der Waals surface area contributed by atoms with Crippen molar-refractivity contribution in [3.8, 4) is 11.6 Å². The SMILES string of the molecule is COc1ccc(B(O)OCc2ccc(NC(=O)C3(c4ccc5c(c4)OCC5)CC3)nc2Cl)cn1. The monoisotopic (exact) mass is 479 g/mol. The minimum atomic E-state index is -1.18. The molecule has 2 aromatic heterocycles. The predicted octanol–water partition coefficient (Wildman–Crippen LogP) is 2.65. The molecular weight excluding hydrogens is 457 g/mol. The standard InChI is InChI=1S/C24H23BClN3O5/c1-32-21-7-5-18(13-27-21)25(31)34-14-16-3-6-20(28-22(16)26)29-23(30)24(9-10-24)17-4-2-15-8-11-33-19(15)12-17/h2-7,12-13,31H,8-11,14H2,1H3,(H,28,29,30). The molecule has 5 rings (SSSR count). The first-order valence-corrected chi connectivity index (χ1v) is 11.4. The van der Waals surface area contributed by atoms with Crippen LogP contribution < -0.4 is 20.3 Å². The average molecular weight is 480 g/mol. The smallest absolute Gasteiger partial charge is 0.492 e. The van der Waals surface area contributed by atoms with Gasteiger partial charge in [-0.05, 0) is 42.2 Å². The number of pyridine rings is 2. The summed E-state index contributed by atoms with van der Waals surface area (Å²) in [4.78, 5) is 21.4. The van der Waals surface area contributed by atoms with Crippen molar-refractivity contribution < 1.29 is 23.9 Å². The van der Waals surface area contributed by atoms with Gasteiger partial charge in [0.15, 0.2) is 0 Å². The molecule has 1 aliphatic carbocycles. The van der Waals surface area contributed by atoms with Crippen molar-refractivity contribution >= 4 is 35.9 Å². The Labute approximate surface area is 202 Å². The molecule has 8 nitrogen and oxygen atoms in total. The van der Waals surface area contributed by atoms with Crippen LogP contribution in [0.3, 0.4) is 0 Å². The van der Waals surface area contributed by atoms with Gasteiger partial charge in [0.25, 0.3) is 0 Å². The largest absolute Gasteiger partial charge is 0.493 e. The van der Waals surface area contributed by atoms with Gasteiger partial charge in [0.1, 0.15) is 16.7 Å². The van der Waals surface area contributed by atoms with E-state index >= 15 is 0 Å². The fourth-order valence-corrected chi connectivity index (χ4v) is 4.24. The lowest BCUT2D eigenvalue weighted by Gasteiger charge is -2.17. The summed E-state index contributed by atoms with van der Waals surface area (Å²) >= 11 is 6.32. The van der Waals surface area contributed by atoms with Crippen LogP contribution >= 0.6 is 11.6 Å². The molecule has 0 radical (unpaired) electrons. The first-order valence-electron chi connectivity index (χ1n) is 11.0. The number of methoxy groups -OCH3 is 1. The normalized spacial score (nSPS) is 15.3. The molecule has 3 aromatic rings. The Morgan fingerprint density at radius 1 is 1.26 bits per heavy atom. The summed E-state index contributed by atoms with van der Waals surface area (Å²) in [7, 11) is 0.336. The van der Waals surface area contributed by atoms with Crippen LogP contribution in [0.1, 0.15) is 29.5 Å². The number of carbonyl (C=O) groups excluding carboxylic acids is 1. The lowest BCUT2D eigenvalue weighted by atomic mass is 9.81. The summed E-state index contributed by atoms with van der Waals surface area (Å²) in [6, 6.07) is 12.7. The minimum Gasteiger partial charge on any atom is -0.493 e. The van der Waals surface area contributed by atoms with E-state index in [2.05, 4.69) is 15.3 Å². The number of anilines is 1. The van der Waals surface area contributed by atoms with Crippen molar-refractivity contribution in [2.45, 2.75) is 31.3 Å². The van der Waals surface area contributed by atoms with Crippen LogP contribution in [-0.2, 0) is 27.9 Å². The van der Waals surface area contributed by atoms with Crippen molar-refractivity contribution in [3.05, 3.63) is 70.5 Å². The van der Waals surface area contributed by atoms with Crippen molar-refractivity contribution in [2.75, 3.05) is 19.0 Å². The maximum atomic E-state index is 13.1. The van der Waals surface area contributed by atoms with E-state index in [1.807, 2.05) is 18.2 Å². The fourth-order valence-electron chi connectivity index (χ4n) is 4.04. The second-order valence-corrected chi connectivity index (χ2v) is 8.76. The van der Waals surface area contributed by atoms with Crippen molar-refractivity contribution in [1.82, 2.24) is 9.97 Å². The van der Waals surface area contributed by atoms with Crippen molar-refractivity contribution in [1.29, 1.82) is 0 Å². The molecule has 2 aliphatic rings. The molecule has 1 fully saturated rings. The molecule has 1 aliphatic heterocycles. The van der Waals surface area contributed by atoms with Gasteiger partial charge in [-0.2, -0.15) is 0 Å². The molecule has 34 heavy (non-hydrogen) atoms. The predicted molar refractivity (Wildman–Crippen MR) is 128 cm³/mol. The molecule has 0 saturated heterocycles. The number of hydrogen-bond acceptors (Lipinski definition) is 7. The number of fused-ring (bicyclic) bond motifs is 1. The van der Waals surface area contributed by atoms with Crippen LogP contribution in [-0.4, -0.2) is 41.7 Å². The quantitative estimate of drug-likeness (QED) is 0.378. The maximum Gasteiger partial charge on any atom is 0.492 e. The van der Waals surface area contributed by atoms with Crippen molar-refractivity contribution in [2.24, 2.45) is 0 Å². The Hall–Kier alpha value is -3.14. The van der Waals surface area contributed by atoms with E-state index in [1.165, 1.54) is 18.9 Å².